The lowest BCUT2D eigenvalue weighted by molar-refractivity contribution is -0.278. The largest absolute Gasteiger partial charge is 0.574 e. The summed E-state index contributed by atoms with van der Waals surface area (Å²) in [5, 5.41) is 0. The molecular weight excluding hydrogens is 326 g/mol. The molecule has 11 heteroatoms. The monoisotopic (exact) mass is 329 g/mol. The lowest BCUT2D eigenvalue weighted by atomic mass is 10.1. The SMILES string of the molecule is FC(F)c1cc(CCl)nc(OC(F)(F)F)c1C(F)(F)F. The number of halogens is 9. The molecule has 0 aliphatic carbocycles. The fourth-order valence-corrected chi connectivity index (χ4v) is 1.44. The average Bonchev–Trinajstić information content (AvgIpc) is 2.23. The van der Waals surface area contributed by atoms with Gasteiger partial charge < -0.3 is 4.74 Å². The molecule has 0 bridgehead atoms. The van der Waals surface area contributed by atoms with Crippen molar-refractivity contribution < 1.29 is 39.9 Å². The molecule has 114 valence electrons. The van der Waals surface area contributed by atoms with Gasteiger partial charge in [-0.3, -0.25) is 0 Å². The van der Waals surface area contributed by atoms with E-state index >= 15 is 0 Å². The van der Waals surface area contributed by atoms with Gasteiger partial charge in [-0.15, -0.1) is 24.8 Å². The average molecular weight is 330 g/mol. The Balaban J connectivity index is 3.56. The first-order valence-corrected chi connectivity index (χ1v) is 5.20. The van der Waals surface area contributed by atoms with Gasteiger partial charge in [0.1, 0.15) is 5.56 Å². The quantitative estimate of drug-likeness (QED) is 0.593. The van der Waals surface area contributed by atoms with Gasteiger partial charge in [0.2, 0.25) is 5.88 Å². The topological polar surface area (TPSA) is 22.1 Å². The van der Waals surface area contributed by atoms with Gasteiger partial charge in [0.05, 0.1) is 11.6 Å². The lowest BCUT2D eigenvalue weighted by Gasteiger charge is -2.18. The zero-order chi connectivity index (χ0) is 15.7. The van der Waals surface area contributed by atoms with Crippen LogP contribution >= 0.6 is 11.6 Å². The molecule has 0 amide bonds. The molecule has 1 aromatic rings. The molecule has 0 radical (unpaired) electrons. The highest BCUT2D eigenvalue weighted by Crippen LogP contribution is 2.43. The first-order chi connectivity index (χ1) is 8.95. The molecule has 0 fully saturated rings. The number of ether oxygens (including phenoxy) is 1. The summed E-state index contributed by atoms with van der Waals surface area (Å²) in [5.41, 5.74) is -4.56. The van der Waals surface area contributed by atoms with Crippen molar-refractivity contribution in [3.8, 4) is 5.88 Å². The molecule has 0 aliphatic rings. The molecule has 0 saturated heterocycles. The highest BCUT2D eigenvalue weighted by molar-refractivity contribution is 6.16. The highest BCUT2D eigenvalue weighted by atomic mass is 35.5. The smallest absolute Gasteiger partial charge is 0.387 e. The minimum atomic E-state index is -5.52. The van der Waals surface area contributed by atoms with E-state index in [1.165, 1.54) is 0 Å². The van der Waals surface area contributed by atoms with Crippen LogP contribution in [-0.2, 0) is 12.1 Å². The van der Waals surface area contributed by atoms with Crippen LogP contribution < -0.4 is 4.74 Å². The second-order valence-corrected chi connectivity index (χ2v) is 3.63. The number of aromatic nitrogens is 1. The van der Waals surface area contributed by atoms with Crippen LogP contribution in [0.25, 0.3) is 0 Å². The third-order valence-corrected chi connectivity index (χ3v) is 2.21. The third kappa shape index (κ3) is 4.09. The maximum atomic E-state index is 12.6. The number of nitrogens with zero attached hydrogens (tertiary/aromatic N) is 1. The standard InChI is InChI=1S/C9H4ClF8NO/c10-2-3-1-4(6(11)12)5(8(13,14)15)7(19-3)20-9(16,17)18/h1,6H,2H2. The Morgan fingerprint density at radius 2 is 1.70 bits per heavy atom. The molecule has 0 aromatic carbocycles. The van der Waals surface area contributed by atoms with Crippen molar-refractivity contribution in [2.24, 2.45) is 0 Å². The van der Waals surface area contributed by atoms with Crippen LogP contribution in [0.3, 0.4) is 0 Å². The highest BCUT2D eigenvalue weighted by Gasteiger charge is 2.44. The first kappa shape index (κ1) is 16.7. The summed E-state index contributed by atoms with van der Waals surface area (Å²) in [7, 11) is 0. The van der Waals surface area contributed by atoms with Crippen LogP contribution in [0.5, 0.6) is 5.88 Å². The summed E-state index contributed by atoms with van der Waals surface area (Å²) in [4.78, 5) is 2.86. The van der Waals surface area contributed by atoms with Crippen molar-refractivity contribution in [3.63, 3.8) is 0 Å². The van der Waals surface area contributed by atoms with Gasteiger partial charge >= 0.3 is 12.5 Å². The van der Waals surface area contributed by atoms with Crippen molar-refractivity contribution in [3.05, 3.63) is 22.9 Å². The summed E-state index contributed by atoms with van der Waals surface area (Å²) in [6, 6.07) is 0.281. The van der Waals surface area contributed by atoms with E-state index in [1.54, 1.807) is 0 Å². The van der Waals surface area contributed by atoms with E-state index in [0.717, 1.165) is 0 Å². The summed E-state index contributed by atoms with van der Waals surface area (Å²) < 4.78 is 102. The number of hydrogen-bond donors (Lipinski definition) is 0. The molecule has 1 heterocycles. The van der Waals surface area contributed by atoms with E-state index in [1.807, 2.05) is 0 Å². The lowest BCUT2D eigenvalue weighted by Crippen LogP contribution is -2.23. The number of rotatable bonds is 3. The minimum Gasteiger partial charge on any atom is -0.387 e. The summed E-state index contributed by atoms with van der Waals surface area (Å²) in [5.74, 6) is -2.66. The molecule has 1 aromatic heterocycles. The Hall–Kier alpha value is -1.32. The van der Waals surface area contributed by atoms with E-state index in [-0.39, 0.29) is 6.07 Å². The fraction of sp³-hybridized carbons (Fsp3) is 0.444. The second kappa shape index (κ2) is 5.58. The van der Waals surface area contributed by atoms with E-state index in [9.17, 15) is 35.1 Å². The molecular formula is C9H4ClF8NO. The van der Waals surface area contributed by atoms with E-state index in [0.29, 0.717) is 0 Å². The van der Waals surface area contributed by atoms with E-state index < -0.39 is 47.5 Å². The maximum Gasteiger partial charge on any atom is 0.574 e. The molecule has 20 heavy (non-hydrogen) atoms. The van der Waals surface area contributed by atoms with Crippen molar-refractivity contribution in [2.75, 3.05) is 0 Å². The van der Waals surface area contributed by atoms with Crippen LogP contribution in [0, 0.1) is 0 Å². The summed E-state index contributed by atoms with van der Waals surface area (Å²) in [6.45, 7) is 0. The van der Waals surface area contributed by atoms with Gasteiger partial charge in [-0.25, -0.2) is 13.8 Å². The van der Waals surface area contributed by atoms with Crippen LogP contribution in [-0.4, -0.2) is 11.3 Å². The Morgan fingerprint density at radius 1 is 1.15 bits per heavy atom. The van der Waals surface area contributed by atoms with Crippen molar-refractivity contribution >= 4 is 11.6 Å². The van der Waals surface area contributed by atoms with Crippen molar-refractivity contribution in [1.82, 2.24) is 4.98 Å². The number of alkyl halides is 9. The zero-order valence-electron chi connectivity index (χ0n) is 9.12. The van der Waals surface area contributed by atoms with Gasteiger partial charge in [-0.2, -0.15) is 13.2 Å². The first-order valence-electron chi connectivity index (χ1n) is 4.66. The second-order valence-electron chi connectivity index (χ2n) is 3.36. The predicted octanol–water partition coefficient (Wildman–Crippen LogP) is 4.68. The van der Waals surface area contributed by atoms with Gasteiger partial charge in [-0.1, -0.05) is 0 Å². The predicted molar refractivity (Wildman–Crippen MR) is 50.4 cm³/mol. The van der Waals surface area contributed by atoms with Gasteiger partial charge in [0.15, 0.2) is 0 Å². The van der Waals surface area contributed by atoms with Crippen molar-refractivity contribution in [1.29, 1.82) is 0 Å². The van der Waals surface area contributed by atoms with Gasteiger partial charge in [0.25, 0.3) is 6.43 Å². The Bertz CT molecular complexity index is 484. The van der Waals surface area contributed by atoms with Gasteiger partial charge in [-0.05, 0) is 6.07 Å². The molecule has 0 aliphatic heterocycles. The Morgan fingerprint density at radius 3 is 2.05 bits per heavy atom. The molecule has 2 nitrogen and oxygen atoms in total. The third-order valence-electron chi connectivity index (χ3n) is 1.94. The number of pyridine rings is 1. The summed E-state index contributed by atoms with van der Waals surface area (Å²) >= 11 is 5.19. The normalized spacial score (nSPS) is 12.9. The molecule has 0 N–H and O–H groups in total. The summed E-state index contributed by atoms with van der Waals surface area (Å²) in [6.07, 6.45) is -14.7. The molecule has 0 saturated carbocycles. The Kier molecular flexibility index (Phi) is 4.67. The maximum absolute atomic E-state index is 12.6. The fourth-order valence-electron chi connectivity index (χ4n) is 1.30. The van der Waals surface area contributed by atoms with Crippen LogP contribution in [0.15, 0.2) is 6.07 Å². The molecule has 0 unspecified atom stereocenters. The van der Waals surface area contributed by atoms with E-state index in [2.05, 4.69) is 9.72 Å². The molecule has 0 atom stereocenters. The molecule has 1 rings (SSSR count). The van der Waals surface area contributed by atoms with Crippen LogP contribution in [0.2, 0.25) is 0 Å². The van der Waals surface area contributed by atoms with Crippen molar-refractivity contribution in [2.45, 2.75) is 24.8 Å². The zero-order valence-corrected chi connectivity index (χ0v) is 9.87. The minimum absolute atomic E-state index is 0.281. The Labute approximate surface area is 111 Å². The number of hydrogen-bond acceptors (Lipinski definition) is 2. The van der Waals surface area contributed by atoms with Crippen LogP contribution in [0.1, 0.15) is 23.2 Å². The van der Waals surface area contributed by atoms with E-state index in [4.69, 9.17) is 11.6 Å². The molecule has 0 spiro atoms. The van der Waals surface area contributed by atoms with Crippen LogP contribution in [0.4, 0.5) is 35.1 Å². The van der Waals surface area contributed by atoms with Gasteiger partial charge in [0, 0.05) is 5.56 Å².